The molecule has 0 heterocycles. The maximum absolute atomic E-state index is 15.4. The number of hydrogen-bond donors (Lipinski definition) is 1. The van der Waals surface area contributed by atoms with E-state index in [0.29, 0.717) is 0 Å². The fourth-order valence-corrected chi connectivity index (χ4v) is 8.29. The SMILES string of the molecule is CC(C)(C)NC(=O)OC[C@](C)(F)CO[Si](c1ccccc1)(c1ccccc1)C(C)(C)C. The van der Waals surface area contributed by atoms with Crippen LogP contribution in [0, 0.1) is 0 Å². The first kappa shape index (κ1) is 25.1. The molecule has 0 aliphatic heterocycles. The van der Waals surface area contributed by atoms with Crippen molar-refractivity contribution in [2.24, 2.45) is 0 Å². The van der Waals surface area contributed by atoms with Crippen molar-refractivity contribution in [1.29, 1.82) is 0 Å². The molecule has 0 bridgehead atoms. The zero-order valence-corrected chi connectivity index (χ0v) is 20.8. The van der Waals surface area contributed by atoms with E-state index in [2.05, 4.69) is 50.4 Å². The number of alkyl carbamates (subject to hydrolysis) is 1. The molecule has 0 saturated heterocycles. The van der Waals surface area contributed by atoms with E-state index < -0.39 is 25.6 Å². The molecule has 31 heavy (non-hydrogen) atoms. The molecule has 2 aromatic carbocycles. The van der Waals surface area contributed by atoms with Crippen LogP contribution in [-0.2, 0) is 9.16 Å². The van der Waals surface area contributed by atoms with Crippen molar-refractivity contribution in [1.82, 2.24) is 5.32 Å². The summed E-state index contributed by atoms with van der Waals surface area (Å²) in [5.74, 6) is 0. The van der Waals surface area contributed by atoms with E-state index in [1.165, 1.54) is 6.92 Å². The Morgan fingerprint density at radius 2 is 1.29 bits per heavy atom. The smallest absolute Gasteiger partial charge is 0.407 e. The lowest BCUT2D eigenvalue weighted by molar-refractivity contribution is 0.0220. The quantitative estimate of drug-likeness (QED) is 0.622. The summed E-state index contributed by atoms with van der Waals surface area (Å²) in [6.07, 6.45) is -0.637. The summed E-state index contributed by atoms with van der Waals surface area (Å²) in [5.41, 5.74) is -2.28. The average Bonchev–Trinajstić information content (AvgIpc) is 2.66. The number of nitrogens with one attached hydrogen (secondary N) is 1. The first-order chi connectivity index (χ1) is 14.3. The first-order valence-corrected chi connectivity index (χ1v) is 12.6. The third kappa shape index (κ3) is 6.65. The Morgan fingerprint density at radius 1 is 0.839 bits per heavy atom. The van der Waals surface area contributed by atoms with Gasteiger partial charge in [0, 0.05) is 5.54 Å². The van der Waals surface area contributed by atoms with Crippen LogP contribution in [0.5, 0.6) is 0 Å². The van der Waals surface area contributed by atoms with Crippen LogP contribution in [0.25, 0.3) is 0 Å². The maximum Gasteiger partial charge on any atom is 0.407 e. The minimum Gasteiger partial charge on any atom is -0.446 e. The molecule has 170 valence electrons. The standard InChI is InChI=1S/C25H36FNO3Si/c1-23(2,3)27-22(28)29-18-25(7,26)19-30-31(24(4,5)6,20-14-10-8-11-15-20)21-16-12-9-13-17-21/h8-17H,18-19H2,1-7H3,(H,27,28)/t25-/m0/s1. The van der Waals surface area contributed by atoms with Crippen molar-refractivity contribution in [3.63, 3.8) is 0 Å². The predicted molar refractivity (Wildman–Crippen MR) is 127 cm³/mol. The number of rotatable bonds is 7. The van der Waals surface area contributed by atoms with Gasteiger partial charge in [0.25, 0.3) is 8.32 Å². The van der Waals surface area contributed by atoms with Crippen LogP contribution < -0.4 is 15.7 Å². The minimum atomic E-state index is -2.85. The third-order valence-electron chi connectivity index (χ3n) is 4.99. The summed E-state index contributed by atoms with van der Waals surface area (Å²) >= 11 is 0. The fourth-order valence-electron chi connectivity index (χ4n) is 3.62. The van der Waals surface area contributed by atoms with E-state index in [1.807, 2.05) is 57.2 Å². The van der Waals surface area contributed by atoms with E-state index in [4.69, 9.17) is 9.16 Å². The van der Waals surface area contributed by atoms with E-state index in [9.17, 15) is 4.79 Å². The monoisotopic (exact) mass is 445 g/mol. The van der Waals surface area contributed by atoms with Crippen LogP contribution in [-0.4, -0.2) is 38.8 Å². The molecule has 6 heteroatoms. The van der Waals surface area contributed by atoms with Crippen LogP contribution in [0.3, 0.4) is 0 Å². The summed E-state index contributed by atoms with van der Waals surface area (Å²) in [6, 6.07) is 20.1. The van der Waals surface area contributed by atoms with Crippen molar-refractivity contribution < 1.29 is 18.3 Å². The molecule has 1 N–H and O–H groups in total. The lowest BCUT2D eigenvalue weighted by Gasteiger charge is -2.44. The normalized spacial score (nSPS) is 14.6. The highest BCUT2D eigenvalue weighted by Gasteiger charge is 2.51. The van der Waals surface area contributed by atoms with Crippen LogP contribution in [0.15, 0.2) is 60.7 Å². The summed E-state index contributed by atoms with van der Waals surface area (Å²) in [4.78, 5) is 12.0. The van der Waals surface area contributed by atoms with Crippen molar-refractivity contribution >= 4 is 24.8 Å². The molecule has 0 spiro atoms. The molecule has 0 aromatic heterocycles. The first-order valence-electron chi connectivity index (χ1n) is 10.7. The molecule has 2 aromatic rings. The summed E-state index contributed by atoms with van der Waals surface area (Å²) in [5, 5.41) is 4.59. The second kappa shape index (κ2) is 9.53. The minimum absolute atomic E-state index is 0.178. The molecule has 0 unspecified atom stereocenters. The molecule has 4 nitrogen and oxygen atoms in total. The van der Waals surface area contributed by atoms with Gasteiger partial charge in [0.1, 0.15) is 6.61 Å². The van der Waals surface area contributed by atoms with Gasteiger partial charge in [0.2, 0.25) is 0 Å². The zero-order valence-electron chi connectivity index (χ0n) is 19.8. The average molecular weight is 446 g/mol. The lowest BCUT2D eigenvalue weighted by Crippen LogP contribution is -2.67. The van der Waals surface area contributed by atoms with Crippen molar-refractivity contribution in [2.75, 3.05) is 13.2 Å². The molecule has 1 amide bonds. The topological polar surface area (TPSA) is 47.6 Å². The van der Waals surface area contributed by atoms with E-state index in [0.717, 1.165) is 10.4 Å². The van der Waals surface area contributed by atoms with Gasteiger partial charge in [-0.25, -0.2) is 9.18 Å². The Morgan fingerprint density at radius 3 is 1.68 bits per heavy atom. The van der Waals surface area contributed by atoms with Gasteiger partial charge < -0.3 is 14.5 Å². The maximum atomic E-state index is 15.4. The second-order valence-corrected chi connectivity index (χ2v) is 14.6. The summed E-state index contributed by atoms with van der Waals surface area (Å²) in [6.45, 7) is 12.8. The number of amides is 1. The predicted octanol–water partition coefficient (Wildman–Crippen LogP) is 4.82. The Kier molecular flexibility index (Phi) is 7.71. The summed E-state index contributed by atoms with van der Waals surface area (Å²) in [7, 11) is -2.85. The largest absolute Gasteiger partial charge is 0.446 e. The number of benzene rings is 2. The molecule has 0 radical (unpaired) electrons. The third-order valence-corrected chi connectivity index (χ3v) is 9.97. The highest BCUT2D eigenvalue weighted by molar-refractivity contribution is 6.99. The van der Waals surface area contributed by atoms with Gasteiger partial charge in [-0.05, 0) is 43.1 Å². The molecule has 0 aliphatic carbocycles. The second-order valence-electron chi connectivity index (χ2n) is 10.3. The number of carbonyl (C=O) groups is 1. The van der Waals surface area contributed by atoms with E-state index in [1.54, 1.807) is 0 Å². The Labute approximate surface area is 187 Å². The lowest BCUT2D eigenvalue weighted by atomic mass is 10.1. The Hall–Kier alpha value is -2.18. The highest BCUT2D eigenvalue weighted by atomic mass is 28.4. The van der Waals surface area contributed by atoms with Gasteiger partial charge in [0.15, 0.2) is 5.67 Å². The van der Waals surface area contributed by atoms with Crippen molar-refractivity contribution in [3.8, 4) is 0 Å². The van der Waals surface area contributed by atoms with Crippen LogP contribution in [0.4, 0.5) is 9.18 Å². The molecule has 0 fully saturated rings. The molecular formula is C25H36FNO3Si. The zero-order chi connectivity index (χ0) is 23.3. The van der Waals surface area contributed by atoms with Crippen LogP contribution in [0.2, 0.25) is 5.04 Å². The number of carbonyl (C=O) groups excluding carboxylic acids is 1. The van der Waals surface area contributed by atoms with E-state index >= 15 is 4.39 Å². The Balaban J connectivity index is 2.31. The van der Waals surface area contributed by atoms with Gasteiger partial charge in [-0.3, -0.25) is 0 Å². The van der Waals surface area contributed by atoms with Crippen LogP contribution in [0.1, 0.15) is 48.5 Å². The van der Waals surface area contributed by atoms with E-state index in [-0.39, 0.29) is 18.3 Å². The molecule has 2 rings (SSSR count). The van der Waals surface area contributed by atoms with Crippen molar-refractivity contribution in [2.45, 2.75) is 64.7 Å². The molecule has 0 aliphatic rings. The number of hydrogen-bond acceptors (Lipinski definition) is 3. The number of alkyl halides is 1. The summed E-state index contributed by atoms with van der Waals surface area (Å²) < 4.78 is 27.2. The van der Waals surface area contributed by atoms with Gasteiger partial charge >= 0.3 is 6.09 Å². The van der Waals surface area contributed by atoms with Gasteiger partial charge in [0.05, 0.1) is 6.61 Å². The molecule has 1 atom stereocenters. The molecular weight excluding hydrogens is 409 g/mol. The highest BCUT2D eigenvalue weighted by Crippen LogP contribution is 2.37. The van der Waals surface area contributed by atoms with Crippen LogP contribution >= 0.6 is 0 Å². The Bertz CT molecular complexity index is 803. The fraction of sp³-hybridized carbons (Fsp3) is 0.480. The number of ether oxygens (including phenoxy) is 1. The number of halogens is 1. The van der Waals surface area contributed by atoms with Gasteiger partial charge in [-0.15, -0.1) is 0 Å². The van der Waals surface area contributed by atoms with Crippen molar-refractivity contribution in [3.05, 3.63) is 60.7 Å². The molecule has 0 saturated carbocycles. The van der Waals surface area contributed by atoms with Gasteiger partial charge in [-0.2, -0.15) is 0 Å². The van der Waals surface area contributed by atoms with Gasteiger partial charge in [-0.1, -0.05) is 81.4 Å².